The predicted octanol–water partition coefficient (Wildman–Crippen LogP) is 4.12. The molecule has 4 aromatic rings. The van der Waals surface area contributed by atoms with Gasteiger partial charge in [0.1, 0.15) is 0 Å². The summed E-state index contributed by atoms with van der Waals surface area (Å²) in [6.45, 7) is 1.88. The fourth-order valence-electron chi connectivity index (χ4n) is 3.56. The summed E-state index contributed by atoms with van der Waals surface area (Å²) in [4.78, 5) is 24.8. The molecule has 154 valence electrons. The van der Waals surface area contributed by atoms with Crippen molar-refractivity contribution >= 4 is 39.5 Å². The third kappa shape index (κ3) is 4.21. The van der Waals surface area contributed by atoms with Crippen molar-refractivity contribution in [2.24, 2.45) is 0 Å². The SMILES string of the molecule is CN1CC=C(c2cc(C(=O)Nc3cc4cc(-c5cncs5)ccc4nn3)ccn2)CC1. The Morgan fingerprint density at radius 3 is 2.90 bits per heavy atom. The maximum Gasteiger partial charge on any atom is 0.256 e. The maximum atomic E-state index is 12.8. The molecule has 0 fully saturated rings. The molecule has 1 aliphatic heterocycles. The van der Waals surface area contributed by atoms with Crippen molar-refractivity contribution in [3.8, 4) is 10.4 Å². The number of nitrogens with zero attached hydrogens (tertiary/aromatic N) is 5. The molecule has 1 aliphatic rings. The number of hydrogen-bond acceptors (Lipinski definition) is 7. The number of pyridine rings is 1. The fourth-order valence-corrected chi connectivity index (χ4v) is 4.18. The number of carbonyl (C=O) groups is 1. The van der Waals surface area contributed by atoms with Gasteiger partial charge in [-0.3, -0.25) is 14.8 Å². The Kier molecular flexibility index (Phi) is 5.23. The van der Waals surface area contributed by atoms with Crippen LogP contribution in [0.15, 0.2) is 60.4 Å². The number of likely N-dealkylation sites (N-methyl/N-ethyl adjacent to an activating group) is 1. The van der Waals surface area contributed by atoms with E-state index in [1.165, 1.54) is 5.57 Å². The van der Waals surface area contributed by atoms with Crippen LogP contribution >= 0.6 is 11.3 Å². The zero-order valence-electron chi connectivity index (χ0n) is 16.9. The van der Waals surface area contributed by atoms with Gasteiger partial charge in [0.2, 0.25) is 0 Å². The molecule has 8 heteroatoms. The second-order valence-corrected chi connectivity index (χ2v) is 8.38. The summed E-state index contributed by atoms with van der Waals surface area (Å²) in [6, 6.07) is 11.3. The quantitative estimate of drug-likeness (QED) is 0.526. The number of thiazole rings is 1. The molecule has 0 bridgehead atoms. The standard InChI is InChI=1S/C23H20N6OS/c1-29-8-5-15(6-9-29)20-11-17(4-7-25-20)23(30)26-22-12-18-10-16(21-13-24-14-31-21)2-3-19(18)27-28-22/h2-5,7,10-14H,6,8-9H2,1H3,(H,26,28,30). The first-order valence-electron chi connectivity index (χ1n) is 9.97. The number of benzene rings is 1. The van der Waals surface area contributed by atoms with Crippen LogP contribution < -0.4 is 5.32 Å². The van der Waals surface area contributed by atoms with Gasteiger partial charge in [-0.15, -0.1) is 21.5 Å². The molecule has 0 aliphatic carbocycles. The van der Waals surface area contributed by atoms with Crippen molar-refractivity contribution in [2.75, 3.05) is 25.5 Å². The molecule has 1 aromatic carbocycles. The van der Waals surface area contributed by atoms with Gasteiger partial charge in [0.25, 0.3) is 5.91 Å². The van der Waals surface area contributed by atoms with Gasteiger partial charge in [-0.2, -0.15) is 0 Å². The molecule has 1 amide bonds. The topological polar surface area (TPSA) is 83.9 Å². The van der Waals surface area contributed by atoms with E-state index in [4.69, 9.17) is 0 Å². The first-order chi connectivity index (χ1) is 15.2. The van der Waals surface area contributed by atoms with Crippen molar-refractivity contribution in [2.45, 2.75) is 6.42 Å². The molecule has 7 nitrogen and oxygen atoms in total. The summed E-state index contributed by atoms with van der Waals surface area (Å²) in [5, 5.41) is 12.2. The Bertz CT molecular complexity index is 1280. The number of carbonyl (C=O) groups excluding carboxylic acids is 1. The molecule has 0 unspecified atom stereocenters. The lowest BCUT2D eigenvalue weighted by molar-refractivity contribution is 0.102. The van der Waals surface area contributed by atoms with Crippen LogP contribution in [0.1, 0.15) is 22.5 Å². The van der Waals surface area contributed by atoms with Gasteiger partial charge < -0.3 is 10.2 Å². The van der Waals surface area contributed by atoms with Crippen molar-refractivity contribution in [1.29, 1.82) is 0 Å². The number of amides is 1. The van der Waals surface area contributed by atoms with E-state index in [1.807, 2.05) is 36.5 Å². The third-order valence-corrected chi connectivity index (χ3v) is 6.13. The lowest BCUT2D eigenvalue weighted by atomic mass is 10.0. The molecule has 4 heterocycles. The van der Waals surface area contributed by atoms with Crippen molar-refractivity contribution in [1.82, 2.24) is 25.1 Å². The monoisotopic (exact) mass is 428 g/mol. The van der Waals surface area contributed by atoms with E-state index >= 15 is 0 Å². The van der Waals surface area contributed by atoms with Gasteiger partial charge in [-0.25, -0.2) is 0 Å². The van der Waals surface area contributed by atoms with Gasteiger partial charge in [0.05, 0.1) is 21.6 Å². The van der Waals surface area contributed by atoms with E-state index in [1.54, 1.807) is 29.1 Å². The molecular formula is C23H20N6OS. The number of nitrogens with one attached hydrogen (secondary N) is 1. The molecule has 0 spiro atoms. The summed E-state index contributed by atoms with van der Waals surface area (Å²) < 4.78 is 0. The molecule has 0 saturated carbocycles. The molecule has 1 N–H and O–H groups in total. The maximum absolute atomic E-state index is 12.8. The van der Waals surface area contributed by atoms with Crippen LogP contribution in [0.2, 0.25) is 0 Å². The van der Waals surface area contributed by atoms with Crippen LogP contribution in [0.4, 0.5) is 5.82 Å². The first-order valence-corrected chi connectivity index (χ1v) is 10.9. The second-order valence-electron chi connectivity index (χ2n) is 7.49. The van der Waals surface area contributed by atoms with E-state index in [9.17, 15) is 4.79 Å². The molecule has 5 rings (SSSR count). The first kappa shape index (κ1) is 19.5. The van der Waals surface area contributed by atoms with Crippen LogP contribution in [0.5, 0.6) is 0 Å². The Balaban J connectivity index is 1.38. The minimum atomic E-state index is -0.232. The smallest absolute Gasteiger partial charge is 0.256 e. The Labute approximate surface area is 183 Å². The van der Waals surface area contributed by atoms with Crippen LogP contribution in [0, 0.1) is 0 Å². The van der Waals surface area contributed by atoms with E-state index in [-0.39, 0.29) is 5.91 Å². The van der Waals surface area contributed by atoms with Gasteiger partial charge in [0.15, 0.2) is 5.82 Å². The van der Waals surface area contributed by atoms with Crippen LogP contribution in [-0.2, 0) is 0 Å². The highest BCUT2D eigenvalue weighted by Gasteiger charge is 2.14. The number of fused-ring (bicyclic) bond motifs is 1. The van der Waals surface area contributed by atoms with Crippen LogP contribution in [0.3, 0.4) is 0 Å². The highest BCUT2D eigenvalue weighted by molar-refractivity contribution is 7.13. The normalized spacial score (nSPS) is 14.4. The highest BCUT2D eigenvalue weighted by atomic mass is 32.1. The molecule has 0 saturated heterocycles. The van der Waals surface area contributed by atoms with Crippen molar-refractivity contribution in [3.05, 3.63) is 71.6 Å². The molecule has 0 atom stereocenters. The molecule has 31 heavy (non-hydrogen) atoms. The van der Waals surface area contributed by atoms with Crippen molar-refractivity contribution < 1.29 is 4.79 Å². The second kappa shape index (κ2) is 8.33. The summed E-state index contributed by atoms with van der Waals surface area (Å²) >= 11 is 1.58. The van der Waals surface area contributed by atoms with E-state index < -0.39 is 0 Å². The lowest BCUT2D eigenvalue weighted by Crippen LogP contribution is -2.24. The van der Waals surface area contributed by atoms with Gasteiger partial charge >= 0.3 is 0 Å². The summed E-state index contributed by atoms with van der Waals surface area (Å²) in [6.07, 6.45) is 6.61. The fraction of sp³-hybridized carbons (Fsp3) is 0.174. The number of hydrogen-bond donors (Lipinski definition) is 1. The summed E-state index contributed by atoms with van der Waals surface area (Å²) in [5.41, 5.74) is 6.20. The van der Waals surface area contributed by atoms with Gasteiger partial charge in [-0.1, -0.05) is 12.1 Å². The molecule has 0 radical (unpaired) electrons. The zero-order valence-corrected chi connectivity index (χ0v) is 17.8. The highest BCUT2D eigenvalue weighted by Crippen LogP contribution is 2.27. The number of rotatable bonds is 4. The summed E-state index contributed by atoms with van der Waals surface area (Å²) in [7, 11) is 2.09. The average molecular weight is 429 g/mol. The largest absolute Gasteiger partial charge is 0.305 e. The Morgan fingerprint density at radius 1 is 1.16 bits per heavy atom. The number of aromatic nitrogens is 4. The zero-order chi connectivity index (χ0) is 21.2. The third-order valence-electron chi connectivity index (χ3n) is 5.31. The minimum absolute atomic E-state index is 0.232. The Hall–Kier alpha value is -3.49. The summed E-state index contributed by atoms with van der Waals surface area (Å²) in [5.74, 6) is 0.181. The molecular weight excluding hydrogens is 408 g/mol. The minimum Gasteiger partial charge on any atom is -0.305 e. The van der Waals surface area contributed by atoms with Crippen LogP contribution in [-0.4, -0.2) is 51.1 Å². The van der Waals surface area contributed by atoms with Crippen molar-refractivity contribution in [3.63, 3.8) is 0 Å². The van der Waals surface area contributed by atoms with Gasteiger partial charge in [-0.05, 0) is 54.9 Å². The lowest BCUT2D eigenvalue weighted by Gasteiger charge is -2.21. The van der Waals surface area contributed by atoms with Gasteiger partial charge in [0, 0.05) is 36.4 Å². The van der Waals surface area contributed by atoms with E-state index in [2.05, 4.69) is 43.5 Å². The average Bonchev–Trinajstić information content (AvgIpc) is 3.34. The van der Waals surface area contributed by atoms with Crippen LogP contribution in [0.25, 0.3) is 26.9 Å². The number of anilines is 1. The molecule has 3 aromatic heterocycles. The Morgan fingerprint density at radius 2 is 2.10 bits per heavy atom. The van der Waals surface area contributed by atoms with E-state index in [0.717, 1.165) is 46.5 Å². The predicted molar refractivity (Wildman–Crippen MR) is 123 cm³/mol. The van der Waals surface area contributed by atoms with E-state index in [0.29, 0.717) is 11.4 Å².